The van der Waals surface area contributed by atoms with E-state index in [2.05, 4.69) is 17.1 Å². The van der Waals surface area contributed by atoms with Crippen LogP contribution < -0.4 is 15.0 Å². The van der Waals surface area contributed by atoms with Crippen molar-refractivity contribution in [2.45, 2.75) is 20.3 Å². The van der Waals surface area contributed by atoms with Crippen molar-refractivity contribution >= 4 is 17.5 Å². The molecule has 0 aliphatic carbocycles. The second-order valence-corrected chi connectivity index (χ2v) is 6.27. The molecule has 1 aliphatic rings. The molecule has 1 saturated heterocycles. The zero-order valence-corrected chi connectivity index (χ0v) is 15.0. The average molecular weight is 333 g/mol. The Morgan fingerprint density at radius 2 is 2.21 bits per heavy atom. The quantitative estimate of drug-likeness (QED) is 0.820. The van der Waals surface area contributed by atoms with Crippen LogP contribution in [0.15, 0.2) is 18.2 Å². The van der Waals surface area contributed by atoms with Gasteiger partial charge in [0.1, 0.15) is 5.75 Å². The van der Waals surface area contributed by atoms with E-state index in [1.54, 1.807) is 12.0 Å². The second kappa shape index (κ2) is 8.15. The van der Waals surface area contributed by atoms with E-state index in [0.29, 0.717) is 18.8 Å². The molecule has 1 unspecified atom stereocenters. The maximum Gasteiger partial charge on any atom is 0.227 e. The number of rotatable bonds is 7. The molecule has 1 aromatic rings. The predicted molar refractivity (Wildman–Crippen MR) is 94.4 cm³/mol. The third kappa shape index (κ3) is 4.26. The SMILES string of the molecule is CCN(C)CCNC(=O)C1CC(=O)N(c2cc(C)ccc2OC)C1. The van der Waals surface area contributed by atoms with Gasteiger partial charge in [-0.25, -0.2) is 0 Å². The summed E-state index contributed by atoms with van der Waals surface area (Å²) in [4.78, 5) is 28.5. The molecule has 1 atom stereocenters. The van der Waals surface area contributed by atoms with Gasteiger partial charge >= 0.3 is 0 Å². The van der Waals surface area contributed by atoms with Crippen LogP contribution in [0.1, 0.15) is 18.9 Å². The Labute approximate surface area is 143 Å². The minimum Gasteiger partial charge on any atom is -0.495 e. The van der Waals surface area contributed by atoms with E-state index in [0.717, 1.165) is 24.3 Å². The van der Waals surface area contributed by atoms with Crippen LogP contribution in [0.4, 0.5) is 5.69 Å². The van der Waals surface area contributed by atoms with Crippen LogP contribution in [-0.4, -0.2) is 57.1 Å². The molecule has 1 heterocycles. The smallest absolute Gasteiger partial charge is 0.227 e. The normalized spacial score (nSPS) is 17.5. The van der Waals surface area contributed by atoms with Gasteiger partial charge in [-0.15, -0.1) is 0 Å². The lowest BCUT2D eigenvalue weighted by atomic mass is 10.1. The highest BCUT2D eigenvalue weighted by atomic mass is 16.5. The summed E-state index contributed by atoms with van der Waals surface area (Å²) in [5.74, 6) is 0.251. The zero-order chi connectivity index (χ0) is 17.7. The second-order valence-electron chi connectivity index (χ2n) is 6.27. The Balaban J connectivity index is 2.00. The number of hydrogen-bond acceptors (Lipinski definition) is 4. The van der Waals surface area contributed by atoms with Crippen molar-refractivity contribution in [2.24, 2.45) is 5.92 Å². The van der Waals surface area contributed by atoms with Crippen molar-refractivity contribution in [1.82, 2.24) is 10.2 Å². The van der Waals surface area contributed by atoms with E-state index in [4.69, 9.17) is 4.74 Å². The number of nitrogens with zero attached hydrogens (tertiary/aromatic N) is 2. The number of amides is 2. The van der Waals surface area contributed by atoms with Crippen molar-refractivity contribution in [3.63, 3.8) is 0 Å². The van der Waals surface area contributed by atoms with Gasteiger partial charge in [-0.05, 0) is 38.2 Å². The fourth-order valence-corrected chi connectivity index (χ4v) is 2.80. The Hall–Kier alpha value is -2.08. The molecule has 1 aliphatic heterocycles. The molecule has 0 spiro atoms. The molecule has 6 heteroatoms. The number of nitrogens with one attached hydrogen (secondary N) is 1. The summed E-state index contributed by atoms with van der Waals surface area (Å²) < 4.78 is 5.36. The zero-order valence-electron chi connectivity index (χ0n) is 15.0. The lowest BCUT2D eigenvalue weighted by molar-refractivity contribution is -0.126. The summed E-state index contributed by atoms with van der Waals surface area (Å²) in [6.07, 6.45) is 0.243. The fourth-order valence-electron chi connectivity index (χ4n) is 2.80. The van der Waals surface area contributed by atoms with Gasteiger partial charge in [0.15, 0.2) is 0 Å². The number of hydrogen-bond donors (Lipinski definition) is 1. The minimum absolute atomic E-state index is 0.0373. The number of benzene rings is 1. The molecular weight excluding hydrogens is 306 g/mol. The third-order valence-corrected chi connectivity index (χ3v) is 4.45. The van der Waals surface area contributed by atoms with E-state index in [9.17, 15) is 9.59 Å². The van der Waals surface area contributed by atoms with Gasteiger partial charge in [-0.3, -0.25) is 9.59 Å². The number of anilines is 1. The molecule has 0 radical (unpaired) electrons. The first-order valence-electron chi connectivity index (χ1n) is 8.37. The van der Waals surface area contributed by atoms with Gasteiger partial charge in [0, 0.05) is 26.1 Å². The van der Waals surface area contributed by atoms with Crippen molar-refractivity contribution in [3.8, 4) is 5.75 Å². The number of ether oxygens (including phenoxy) is 1. The van der Waals surface area contributed by atoms with Crippen molar-refractivity contribution in [3.05, 3.63) is 23.8 Å². The van der Waals surface area contributed by atoms with Crippen molar-refractivity contribution in [2.75, 3.05) is 45.2 Å². The lowest BCUT2D eigenvalue weighted by Crippen LogP contribution is -2.37. The predicted octanol–water partition coefficient (Wildman–Crippen LogP) is 1.42. The number of methoxy groups -OCH3 is 1. The fraction of sp³-hybridized carbons (Fsp3) is 0.556. The summed E-state index contributed by atoms with van der Waals surface area (Å²) in [7, 11) is 3.60. The molecule has 24 heavy (non-hydrogen) atoms. The third-order valence-electron chi connectivity index (χ3n) is 4.45. The topological polar surface area (TPSA) is 61.9 Å². The molecule has 2 amide bonds. The largest absolute Gasteiger partial charge is 0.495 e. The molecule has 1 aromatic carbocycles. The van der Waals surface area contributed by atoms with E-state index >= 15 is 0 Å². The van der Waals surface area contributed by atoms with Crippen LogP contribution in [0, 0.1) is 12.8 Å². The van der Waals surface area contributed by atoms with Crippen molar-refractivity contribution in [1.29, 1.82) is 0 Å². The maximum absolute atomic E-state index is 12.4. The first-order valence-corrected chi connectivity index (χ1v) is 8.37. The summed E-state index contributed by atoms with van der Waals surface area (Å²) in [5, 5.41) is 2.93. The van der Waals surface area contributed by atoms with Gasteiger partial charge < -0.3 is 19.9 Å². The molecule has 132 valence electrons. The highest BCUT2D eigenvalue weighted by Gasteiger charge is 2.36. The molecular formula is C18H27N3O3. The summed E-state index contributed by atoms with van der Waals surface area (Å²) in [6.45, 7) is 6.79. The number of likely N-dealkylation sites (N-methyl/N-ethyl adjacent to an activating group) is 1. The van der Waals surface area contributed by atoms with Crippen LogP contribution in [0.5, 0.6) is 5.75 Å². The van der Waals surface area contributed by atoms with Gasteiger partial charge in [0.2, 0.25) is 11.8 Å². The lowest BCUT2D eigenvalue weighted by Gasteiger charge is -2.20. The van der Waals surface area contributed by atoms with Crippen LogP contribution in [-0.2, 0) is 9.59 Å². The monoisotopic (exact) mass is 333 g/mol. The maximum atomic E-state index is 12.4. The first kappa shape index (κ1) is 18.3. The molecule has 2 rings (SSSR count). The van der Waals surface area contributed by atoms with Gasteiger partial charge in [-0.2, -0.15) is 0 Å². The molecule has 1 fully saturated rings. The number of carbonyl (C=O) groups is 2. The number of aryl methyl sites for hydroxylation is 1. The highest BCUT2D eigenvalue weighted by molar-refractivity contribution is 6.01. The summed E-state index contributed by atoms with van der Waals surface area (Å²) in [5.41, 5.74) is 1.79. The number of carbonyl (C=O) groups excluding carboxylic acids is 2. The molecule has 1 N–H and O–H groups in total. The Kier molecular flexibility index (Phi) is 6.20. The average Bonchev–Trinajstić information content (AvgIpc) is 2.96. The van der Waals surface area contributed by atoms with E-state index in [-0.39, 0.29) is 24.2 Å². The summed E-state index contributed by atoms with van der Waals surface area (Å²) >= 11 is 0. The highest BCUT2D eigenvalue weighted by Crippen LogP contribution is 2.33. The molecule has 0 saturated carbocycles. The molecule has 6 nitrogen and oxygen atoms in total. The first-order chi connectivity index (χ1) is 11.5. The van der Waals surface area contributed by atoms with E-state index in [1.807, 2.05) is 32.2 Å². The van der Waals surface area contributed by atoms with Gasteiger partial charge in [0.25, 0.3) is 0 Å². The van der Waals surface area contributed by atoms with E-state index in [1.165, 1.54) is 0 Å². The van der Waals surface area contributed by atoms with Gasteiger partial charge in [0.05, 0.1) is 18.7 Å². The Morgan fingerprint density at radius 1 is 1.46 bits per heavy atom. The van der Waals surface area contributed by atoms with Crippen LogP contribution in [0.25, 0.3) is 0 Å². The summed E-state index contributed by atoms with van der Waals surface area (Å²) in [6, 6.07) is 5.72. The molecule has 0 aromatic heterocycles. The molecule has 0 bridgehead atoms. The van der Waals surface area contributed by atoms with Crippen molar-refractivity contribution < 1.29 is 14.3 Å². The Morgan fingerprint density at radius 3 is 2.88 bits per heavy atom. The van der Waals surface area contributed by atoms with Crippen LogP contribution in [0.2, 0.25) is 0 Å². The Bertz CT molecular complexity index is 603. The standard InChI is InChI=1S/C18H27N3O3/c1-5-20(3)9-8-19-18(23)14-11-17(22)21(12-14)15-10-13(2)6-7-16(15)24-4/h6-7,10,14H,5,8-9,11-12H2,1-4H3,(H,19,23). The van der Waals surface area contributed by atoms with Gasteiger partial charge in [-0.1, -0.05) is 13.0 Å². The van der Waals surface area contributed by atoms with Crippen LogP contribution >= 0.6 is 0 Å². The van der Waals surface area contributed by atoms with E-state index < -0.39 is 0 Å². The van der Waals surface area contributed by atoms with Crippen LogP contribution in [0.3, 0.4) is 0 Å². The minimum atomic E-state index is -0.311.